The summed E-state index contributed by atoms with van der Waals surface area (Å²) in [6.45, 7) is 1.40. The molecule has 2 aromatic carbocycles. The topological polar surface area (TPSA) is 14.2 Å². The van der Waals surface area contributed by atoms with Gasteiger partial charge in [0.2, 0.25) is 0 Å². The zero-order valence-corrected chi connectivity index (χ0v) is 13.6. The van der Waals surface area contributed by atoms with Crippen molar-refractivity contribution >= 4 is 26.8 Å². The molecule has 3 aromatic rings. The average molecular weight is 344 g/mol. The average Bonchev–Trinajstić information content (AvgIpc) is 2.83. The number of hydrogen-bond acceptors (Lipinski definition) is 1. The van der Waals surface area contributed by atoms with Crippen molar-refractivity contribution in [1.29, 1.82) is 0 Å². The second-order valence-corrected chi connectivity index (χ2v) is 6.13. The van der Waals surface area contributed by atoms with Crippen LogP contribution in [0.15, 0.2) is 59.2 Å². The van der Waals surface area contributed by atoms with E-state index in [4.69, 9.17) is 4.74 Å². The van der Waals surface area contributed by atoms with Gasteiger partial charge in [-0.05, 0) is 35.7 Å². The molecule has 21 heavy (non-hydrogen) atoms. The number of benzene rings is 2. The van der Waals surface area contributed by atoms with Crippen LogP contribution < -0.4 is 0 Å². The molecule has 3 rings (SSSR count). The van der Waals surface area contributed by atoms with Crippen LogP contribution in [0.3, 0.4) is 0 Å². The van der Waals surface area contributed by atoms with Gasteiger partial charge in [0, 0.05) is 28.6 Å². The van der Waals surface area contributed by atoms with Crippen LogP contribution >= 0.6 is 15.9 Å². The number of aromatic nitrogens is 1. The maximum atomic E-state index is 5.80. The number of fused-ring (bicyclic) bond motifs is 1. The summed E-state index contributed by atoms with van der Waals surface area (Å²) in [5.41, 5.74) is 3.83. The Balaban J connectivity index is 1.58. The van der Waals surface area contributed by atoms with E-state index in [2.05, 4.69) is 70.1 Å². The first-order chi connectivity index (χ1) is 10.2. The monoisotopic (exact) mass is 343 g/mol. The summed E-state index contributed by atoms with van der Waals surface area (Å²) in [6.07, 6.45) is 3.14. The molecular formula is C18H18BrNO. The summed E-state index contributed by atoms with van der Waals surface area (Å²) in [5, 5.41) is 1.33. The van der Waals surface area contributed by atoms with Crippen LogP contribution in [0, 0.1) is 0 Å². The number of hydrogen-bond donors (Lipinski definition) is 0. The van der Waals surface area contributed by atoms with Crippen LogP contribution in [-0.2, 0) is 24.8 Å². The Labute approximate surface area is 133 Å². The third-order valence-electron chi connectivity index (χ3n) is 3.68. The number of para-hydroxylation sites is 1. The molecule has 0 atom stereocenters. The van der Waals surface area contributed by atoms with Gasteiger partial charge in [0.05, 0.1) is 13.2 Å². The Bertz CT molecular complexity index is 731. The third kappa shape index (κ3) is 3.36. The molecule has 0 saturated heterocycles. The molecule has 0 radical (unpaired) electrons. The highest BCUT2D eigenvalue weighted by Gasteiger charge is 2.05. The van der Waals surface area contributed by atoms with Crippen molar-refractivity contribution in [2.24, 2.45) is 7.05 Å². The molecule has 0 aliphatic rings. The van der Waals surface area contributed by atoms with Gasteiger partial charge in [-0.25, -0.2) is 0 Å². The van der Waals surface area contributed by atoms with Crippen molar-refractivity contribution in [2.75, 3.05) is 6.61 Å². The van der Waals surface area contributed by atoms with E-state index in [-0.39, 0.29) is 0 Å². The molecule has 0 aliphatic heterocycles. The number of nitrogens with zero attached hydrogens (tertiary/aromatic N) is 1. The molecule has 0 saturated carbocycles. The fraction of sp³-hybridized carbons (Fsp3) is 0.222. The minimum Gasteiger partial charge on any atom is -0.376 e. The fourth-order valence-electron chi connectivity index (χ4n) is 2.58. The first kappa shape index (κ1) is 14.4. The van der Waals surface area contributed by atoms with Gasteiger partial charge in [-0.15, -0.1) is 0 Å². The van der Waals surface area contributed by atoms with Crippen molar-refractivity contribution in [3.8, 4) is 0 Å². The molecule has 0 bridgehead atoms. The molecular weight excluding hydrogens is 326 g/mol. The molecule has 3 heteroatoms. The van der Waals surface area contributed by atoms with Crippen molar-refractivity contribution in [2.45, 2.75) is 13.0 Å². The van der Waals surface area contributed by atoms with Crippen molar-refractivity contribution < 1.29 is 4.74 Å². The normalized spacial score (nSPS) is 11.1. The Morgan fingerprint density at radius 1 is 1.05 bits per heavy atom. The fourth-order valence-corrected chi connectivity index (χ4v) is 2.84. The number of rotatable bonds is 5. The summed E-state index contributed by atoms with van der Waals surface area (Å²) in [6, 6.07) is 16.8. The van der Waals surface area contributed by atoms with Crippen molar-refractivity contribution in [1.82, 2.24) is 4.57 Å². The molecule has 1 heterocycles. The summed E-state index contributed by atoms with van der Waals surface area (Å²) in [4.78, 5) is 0. The molecule has 0 aliphatic carbocycles. The van der Waals surface area contributed by atoms with Crippen LogP contribution in [0.25, 0.3) is 10.9 Å². The van der Waals surface area contributed by atoms with Gasteiger partial charge in [-0.1, -0.05) is 46.3 Å². The van der Waals surface area contributed by atoms with E-state index >= 15 is 0 Å². The van der Waals surface area contributed by atoms with E-state index in [9.17, 15) is 0 Å². The number of halogens is 1. The van der Waals surface area contributed by atoms with Gasteiger partial charge in [0.1, 0.15) is 0 Å². The second-order valence-electron chi connectivity index (χ2n) is 5.21. The Morgan fingerprint density at radius 3 is 2.62 bits per heavy atom. The minimum absolute atomic E-state index is 0.665. The van der Waals surface area contributed by atoms with Crippen molar-refractivity contribution in [3.63, 3.8) is 0 Å². The Kier molecular flexibility index (Phi) is 4.42. The maximum Gasteiger partial charge on any atom is 0.0717 e. The number of aryl methyl sites for hydroxylation is 1. The van der Waals surface area contributed by atoms with Gasteiger partial charge >= 0.3 is 0 Å². The van der Waals surface area contributed by atoms with Gasteiger partial charge in [0.15, 0.2) is 0 Å². The van der Waals surface area contributed by atoms with Gasteiger partial charge in [-0.2, -0.15) is 0 Å². The highest BCUT2D eigenvalue weighted by molar-refractivity contribution is 9.10. The lowest BCUT2D eigenvalue weighted by molar-refractivity contribution is 0.124. The quantitative estimate of drug-likeness (QED) is 0.612. The summed E-state index contributed by atoms with van der Waals surface area (Å²) in [7, 11) is 2.09. The predicted octanol–water partition coefficient (Wildman–Crippen LogP) is 4.70. The zero-order chi connectivity index (χ0) is 14.7. The van der Waals surface area contributed by atoms with Gasteiger partial charge in [0.25, 0.3) is 0 Å². The summed E-state index contributed by atoms with van der Waals surface area (Å²) < 4.78 is 9.08. The van der Waals surface area contributed by atoms with Gasteiger partial charge in [-0.3, -0.25) is 0 Å². The van der Waals surface area contributed by atoms with E-state index < -0.39 is 0 Å². The van der Waals surface area contributed by atoms with Crippen LogP contribution in [0.4, 0.5) is 0 Å². The lowest BCUT2D eigenvalue weighted by atomic mass is 10.1. The molecule has 0 amide bonds. The third-order valence-corrected chi connectivity index (χ3v) is 4.21. The first-order valence-corrected chi connectivity index (χ1v) is 7.88. The zero-order valence-electron chi connectivity index (χ0n) is 12.1. The lowest BCUT2D eigenvalue weighted by Crippen LogP contribution is -1.98. The van der Waals surface area contributed by atoms with E-state index in [1.165, 1.54) is 22.0 Å². The molecule has 2 nitrogen and oxygen atoms in total. The Hall–Kier alpha value is -1.58. The highest BCUT2D eigenvalue weighted by Crippen LogP contribution is 2.20. The standard InChI is InChI=1S/C18H18BrNO/c1-20-12-15(17-4-2-3-5-18(17)20)10-11-21-13-14-6-8-16(19)9-7-14/h2-9,12H,10-11,13H2,1H3. The maximum absolute atomic E-state index is 5.80. The molecule has 1 aromatic heterocycles. The number of ether oxygens (including phenoxy) is 1. The molecule has 108 valence electrons. The van der Waals surface area contributed by atoms with E-state index in [0.717, 1.165) is 17.5 Å². The summed E-state index contributed by atoms with van der Waals surface area (Å²) in [5.74, 6) is 0. The molecule has 0 unspecified atom stereocenters. The first-order valence-electron chi connectivity index (χ1n) is 7.09. The smallest absolute Gasteiger partial charge is 0.0717 e. The van der Waals surface area contributed by atoms with Crippen LogP contribution in [0.1, 0.15) is 11.1 Å². The van der Waals surface area contributed by atoms with Crippen LogP contribution in [0.2, 0.25) is 0 Å². The van der Waals surface area contributed by atoms with E-state index in [0.29, 0.717) is 6.61 Å². The van der Waals surface area contributed by atoms with E-state index in [1.54, 1.807) is 0 Å². The largest absolute Gasteiger partial charge is 0.376 e. The van der Waals surface area contributed by atoms with Gasteiger partial charge < -0.3 is 9.30 Å². The predicted molar refractivity (Wildman–Crippen MR) is 90.4 cm³/mol. The molecule has 0 N–H and O–H groups in total. The molecule has 0 spiro atoms. The van der Waals surface area contributed by atoms with E-state index in [1.807, 2.05) is 12.1 Å². The molecule has 0 fully saturated rings. The second kappa shape index (κ2) is 6.46. The van der Waals surface area contributed by atoms with Crippen LogP contribution in [0.5, 0.6) is 0 Å². The minimum atomic E-state index is 0.665. The van der Waals surface area contributed by atoms with Crippen LogP contribution in [-0.4, -0.2) is 11.2 Å². The Morgan fingerprint density at radius 2 is 1.81 bits per heavy atom. The SMILES string of the molecule is Cn1cc(CCOCc2ccc(Br)cc2)c2ccccc21. The lowest BCUT2D eigenvalue weighted by Gasteiger charge is -2.04. The van der Waals surface area contributed by atoms with Crippen molar-refractivity contribution in [3.05, 3.63) is 70.3 Å². The summed E-state index contributed by atoms with van der Waals surface area (Å²) >= 11 is 3.44. The highest BCUT2D eigenvalue weighted by atomic mass is 79.9.